The molecule has 0 aliphatic carbocycles. The fourth-order valence-corrected chi connectivity index (χ4v) is 4.77. The maximum Gasteiger partial charge on any atom is 0.341 e. The number of aromatic nitrogens is 1. The van der Waals surface area contributed by atoms with Crippen molar-refractivity contribution < 1.29 is 18.7 Å². The number of hydrogen-bond donors (Lipinski definition) is 1. The number of amides is 1. The molecule has 4 rings (SSSR count). The number of methoxy groups -OCH3 is 1. The van der Waals surface area contributed by atoms with E-state index in [0.29, 0.717) is 39.5 Å². The number of hydrogen-bond acceptors (Lipinski definition) is 6. The van der Waals surface area contributed by atoms with Crippen molar-refractivity contribution in [2.75, 3.05) is 12.4 Å². The maximum absolute atomic E-state index is 13.4. The number of aryl methyl sites for hydroxylation is 2. The Hall–Kier alpha value is -3.45. The van der Waals surface area contributed by atoms with Crippen LogP contribution in [0.1, 0.15) is 43.8 Å². The molecule has 0 aliphatic heterocycles. The van der Waals surface area contributed by atoms with Crippen molar-refractivity contribution in [2.45, 2.75) is 27.2 Å². The fourth-order valence-electron chi connectivity index (χ4n) is 3.64. The number of nitrogens with zero attached hydrogens (tertiary/aromatic N) is 1. The van der Waals surface area contributed by atoms with E-state index in [4.69, 9.17) is 9.15 Å². The van der Waals surface area contributed by atoms with Gasteiger partial charge in [0, 0.05) is 10.3 Å². The lowest BCUT2D eigenvalue weighted by Gasteiger charge is -2.10. The highest BCUT2D eigenvalue weighted by molar-refractivity contribution is 7.16. The van der Waals surface area contributed by atoms with Crippen molar-refractivity contribution in [1.82, 2.24) is 4.98 Å². The number of furan rings is 1. The maximum atomic E-state index is 13.4. The summed E-state index contributed by atoms with van der Waals surface area (Å²) in [5.41, 5.74) is 3.01. The minimum atomic E-state index is -0.456. The van der Waals surface area contributed by atoms with Crippen LogP contribution in [-0.4, -0.2) is 24.0 Å². The molecule has 6 nitrogen and oxygen atoms in total. The smallest absolute Gasteiger partial charge is 0.341 e. The van der Waals surface area contributed by atoms with Crippen molar-refractivity contribution in [3.63, 3.8) is 0 Å². The summed E-state index contributed by atoms with van der Waals surface area (Å²) in [6.07, 6.45) is 0.669. The summed E-state index contributed by atoms with van der Waals surface area (Å²) in [5, 5.41) is 4.14. The second-order valence-corrected chi connectivity index (χ2v) is 8.35. The van der Waals surface area contributed by atoms with E-state index in [9.17, 15) is 9.59 Å². The Labute approximate surface area is 183 Å². The quantitative estimate of drug-likeness (QED) is 0.403. The largest absolute Gasteiger partial charge is 0.465 e. The molecule has 0 spiro atoms. The monoisotopic (exact) mass is 434 g/mol. The molecule has 1 N–H and O–H groups in total. The molecule has 158 valence electrons. The Kier molecular flexibility index (Phi) is 5.61. The number of benzene rings is 1. The lowest BCUT2D eigenvalue weighted by atomic mass is 10.1. The second-order valence-electron chi connectivity index (χ2n) is 7.12. The Morgan fingerprint density at radius 2 is 1.94 bits per heavy atom. The third kappa shape index (κ3) is 3.84. The third-order valence-electron chi connectivity index (χ3n) is 5.13. The molecule has 3 aromatic heterocycles. The Morgan fingerprint density at radius 3 is 2.61 bits per heavy atom. The minimum absolute atomic E-state index is 0.322. The third-order valence-corrected chi connectivity index (χ3v) is 6.20. The van der Waals surface area contributed by atoms with Crippen LogP contribution in [0.2, 0.25) is 0 Å². The predicted molar refractivity (Wildman–Crippen MR) is 122 cm³/mol. The summed E-state index contributed by atoms with van der Waals surface area (Å²) >= 11 is 1.37. The number of carbonyl (C=O) groups is 2. The average Bonchev–Trinajstić information content (AvgIpc) is 3.34. The highest BCUT2D eigenvalue weighted by Crippen LogP contribution is 2.35. The van der Waals surface area contributed by atoms with E-state index >= 15 is 0 Å². The minimum Gasteiger partial charge on any atom is -0.465 e. The molecule has 3 heterocycles. The van der Waals surface area contributed by atoms with Gasteiger partial charge in [0.2, 0.25) is 0 Å². The first-order chi connectivity index (χ1) is 14.9. The molecule has 1 amide bonds. The van der Waals surface area contributed by atoms with E-state index in [2.05, 4.69) is 10.3 Å². The lowest BCUT2D eigenvalue weighted by Crippen LogP contribution is -2.15. The molecule has 1 aromatic carbocycles. The van der Waals surface area contributed by atoms with Gasteiger partial charge in [0.25, 0.3) is 5.91 Å². The molecule has 0 atom stereocenters. The van der Waals surface area contributed by atoms with Gasteiger partial charge in [-0.05, 0) is 50.1 Å². The van der Waals surface area contributed by atoms with E-state index in [-0.39, 0.29) is 5.91 Å². The SMILES string of the molecule is CCc1c(C)sc(NC(=O)c2cc(-c3ccc(C)o3)nc3ccccc23)c1C(=O)OC. The summed E-state index contributed by atoms with van der Waals surface area (Å²) in [6.45, 7) is 5.77. The molecule has 7 heteroatoms. The van der Waals surface area contributed by atoms with Gasteiger partial charge < -0.3 is 14.5 Å². The number of rotatable bonds is 5. The van der Waals surface area contributed by atoms with Crippen LogP contribution >= 0.6 is 11.3 Å². The second kappa shape index (κ2) is 8.35. The van der Waals surface area contributed by atoms with Crippen LogP contribution in [0.5, 0.6) is 0 Å². The highest BCUT2D eigenvalue weighted by Gasteiger charge is 2.24. The number of carbonyl (C=O) groups excluding carboxylic acids is 2. The topological polar surface area (TPSA) is 81.4 Å². The normalized spacial score (nSPS) is 11.0. The predicted octanol–water partition coefficient (Wildman–Crippen LogP) is 5.77. The first kappa shape index (κ1) is 20.8. The highest BCUT2D eigenvalue weighted by atomic mass is 32.1. The molecule has 0 unspecified atom stereocenters. The molecular formula is C24H22N2O4S. The van der Waals surface area contributed by atoms with Crippen LogP contribution in [-0.2, 0) is 11.2 Å². The number of anilines is 1. The van der Waals surface area contributed by atoms with Gasteiger partial charge in [0.15, 0.2) is 5.76 Å². The molecule has 0 radical (unpaired) electrons. The number of para-hydroxylation sites is 1. The van der Waals surface area contributed by atoms with Crippen molar-refractivity contribution in [2.24, 2.45) is 0 Å². The summed E-state index contributed by atoms with van der Waals surface area (Å²) in [4.78, 5) is 31.4. The van der Waals surface area contributed by atoms with Gasteiger partial charge in [-0.1, -0.05) is 25.1 Å². The Bertz CT molecular complexity index is 1300. The molecule has 0 saturated carbocycles. The summed E-state index contributed by atoms with van der Waals surface area (Å²) < 4.78 is 10.7. The number of pyridine rings is 1. The molecule has 31 heavy (non-hydrogen) atoms. The standard InChI is InChI=1S/C24H22N2O4S/c1-5-15-14(3)31-23(21(15)24(28)29-4)26-22(27)17-12-19(20-11-10-13(2)30-20)25-18-9-7-6-8-16(17)18/h6-12H,5H2,1-4H3,(H,26,27). The number of esters is 1. The van der Waals surface area contributed by atoms with Gasteiger partial charge in [-0.2, -0.15) is 0 Å². The zero-order valence-electron chi connectivity index (χ0n) is 17.7. The first-order valence-corrected chi connectivity index (χ1v) is 10.7. The van der Waals surface area contributed by atoms with Crippen molar-refractivity contribution in [1.29, 1.82) is 0 Å². The van der Waals surface area contributed by atoms with Gasteiger partial charge >= 0.3 is 5.97 Å². The number of thiophene rings is 1. The fraction of sp³-hybridized carbons (Fsp3) is 0.208. The van der Waals surface area contributed by atoms with Crippen LogP contribution in [0.3, 0.4) is 0 Å². The molecule has 0 fully saturated rings. The van der Waals surface area contributed by atoms with Gasteiger partial charge in [-0.15, -0.1) is 11.3 Å². The van der Waals surface area contributed by atoms with Crippen LogP contribution in [0.4, 0.5) is 5.00 Å². The molecule has 0 saturated heterocycles. The average molecular weight is 435 g/mol. The lowest BCUT2D eigenvalue weighted by molar-refractivity contribution is 0.0601. The number of fused-ring (bicyclic) bond motifs is 1. The van der Waals surface area contributed by atoms with Crippen molar-refractivity contribution in [3.8, 4) is 11.5 Å². The Morgan fingerprint density at radius 1 is 1.16 bits per heavy atom. The zero-order chi connectivity index (χ0) is 22.1. The first-order valence-electron chi connectivity index (χ1n) is 9.91. The summed E-state index contributed by atoms with van der Waals surface area (Å²) in [7, 11) is 1.34. The van der Waals surface area contributed by atoms with E-state index in [1.807, 2.05) is 57.2 Å². The van der Waals surface area contributed by atoms with Gasteiger partial charge in [0.1, 0.15) is 16.5 Å². The Balaban J connectivity index is 1.81. The molecule has 4 aromatic rings. The molecule has 0 aliphatic rings. The van der Waals surface area contributed by atoms with Crippen molar-refractivity contribution >= 4 is 39.1 Å². The summed E-state index contributed by atoms with van der Waals surface area (Å²) in [5.74, 6) is 0.577. The van der Waals surface area contributed by atoms with E-state index in [1.54, 1.807) is 6.07 Å². The van der Waals surface area contributed by atoms with Crippen LogP contribution in [0.15, 0.2) is 46.9 Å². The van der Waals surface area contributed by atoms with Crippen LogP contribution < -0.4 is 5.32 Å². The molecule has 0 bridgehead atoms. The van der Waals surface area contributed by atoms with Gasteiger partial charge in [-0.3, -0.25) is 4.79 Å². The van der Waals surface area contributed by atoms with Crippen molar-refractivity contribution in [3.05, 3.63) is 69.8 Å². The number of ether oxygens (including phenoxy) is 1. The van der Waals surface area contributed by atoms with E-state index in [0.717, 1.165) is 21.6 Å². The van der Waals surface area contributed by atoms with Crippen LogP contribution in [0.25, 0.3) is 22.4 Å². The van der Waals surface area contributed by atoms with Gasteiger partial charge in [0.05, 0.1) is 23.8 Å². The summed E-state index contributed by atoms with van der Waals surface area (Å²) in [6, 6.07) is 12.9. The number of nitrogens with one attached hydrogen (secondary N) is 1. The van der Waals surface area contributed by atoms with Crippen LogP contribution in [0, 0.1) is 13.8 Å². The van der Waals surface area contributed by atoms with E-state index in [1.165, 1.54) is 18.4 Å². The molecular weight excluding hydrogens is 412 g/mol. The zero-order valence-corrected chi connectivity index (χ0v) is 18.6. The van der Waals surface area contributed by atoms with E-state index < -0.39 is 5.97 Å². The van der Waals surface area contributed by atoms with Gasteiger partial charge in [-0.25, -0.2) is 9.78 Å².